The molecule has 0 radical (unpaired) electrons. The van der Waals surface area contributed by atoms with E-state index in [9.17, 15) is 0 Å². The van der Waals surface area contributed by atoms with Crippen molar-refractivity contribution in [2.45, 2.75) is 46.6 Å². The van der Waals surface area contributed by atoms with Crippen LogP contribution in [0, 0.1) is 11.3 Å². The first kappa shape index (κ1) is 16.8. The summed E-state index contributed by atoms with van der Waals surface area (Å²) in [6, 6.07) is 5.53. The van der Waals surface area contributed by atoms with Crippen LogP contribution in [0.15, 0.2) is 18.2 Å². The van der Waals surface area contributed by atoms with Crippen molar-refractivity contribution in [1.82, 2.24) is 5.43 Å². The standard InChI is InChI=1S/C15H24Cl2N2/c1-10(9-15(2,3)4)7-14(19-18)12-8-11(16)5-6-13(12)17/h5-6,8,10,14,19H,7,9,18H2,1-4H3. The fourth-order valence-electron chi connectivity index (χ4n) is 2.60. The highest BCUT2D eigenvalue weighted by Gasteiger charge is 2.21. The molecular formula is C15H24Cl2N2. The zero-order valence-electron chi connectivity index (χ0n) is 12.1. The molecule has 0 aliphatic heterocycles. The minimum atomic E-state index is 0.0311. The van der Waals surface area contributed by atoms with Gasteiger partial charge in [0.1, 0.15) is 0 Å². The van der Waals surface area contributed by atoms with Gasteiger partial charge in [-0.05, 0) is 47.9 Å². The third kappa shape index (κ3) is 5.70. The highest BCUT2D eigenvalue weighted by atomic mass is 35.5. The highest BCUT2D eigenvalue weighted by Crippen LogP contribution is 2.33. The third-order valence-corrected chi connectivity index (χ3v) is 3.71. The quantitative estimate of drug-likeness (QED) is 0.596. The Balaban J connectivity index is 2.80. The van der Waals surface area contributed by atoms with Crippen LogP contribution in [0.2, 0.25) is 10.0 Å². The SMILES string of the molecule is CC(CC(NN)c1cc(Cl)ccc1Cl)CC(C)(C)C. The summed E-state index contributed by atoms with van der Waals surface area (Å²) in [4.78, 5) is 0. The largest absolute Gasteiger partial charge is 0.271 e. The molecule has 2 atom stereocenters. The van der Waals surface area contributed by atoms with Gasteiger partial charge < -0.3 is 0 Å². The number of benzene rings is 1. The lowest BCUT2D eigenvalue weighted by atomic mass is 9.82. The van der Waals surface area contributed by atoms with Crippen molar-refractivity contribution in [2.24, 2.45) is 17.2 Å². The van der Waals surface area contributed by atoms with E-state index in [0.29, 0.717) is 21.4 Å². The maximum Gasteiger partial charge on any atom is 0.0477 e. The molecule has 0 bridgehead atoms. The molecule has 0 saturated heterocycles. The van der Waals surface area contributed by atoms with E-state index in [0.717, 1.165) is 18.4 Å². The van der Waals surface area contributed by atoms with Gasteiger partial charge in [0, 0.05) is 16.1 Å². The minimum Gasteiger partial charge on any atom is -0.271 e. The third-order valence-electron chi connectivity index (χ3n) is 3.13. The molecule has 2 unspecified atom stereocenters. The summed E-state index contributed by atoms with van der Waals surface area (Å²) < 4.78 is 0. The Labute approximate surface area is 126 Å². The second-order valence-corrected chi connectivity index (χ2v) is 7.33. The van der Waals surface area contributed by atoms with Gasteiger partial charge >= 0.3 is 0 Å². The first-order chi connectivity index (χ1) is 8.73. The molecule has 1 aromatic carbocycles. The Morgan fingerprint density at radius 1 is 1.26 bits per heavy atom. The smallest absolute Gasteiger partial charge is 0.0477 e. The van der Waals surface area contributed by atoms with E-state index >= 15 is 0 Å². The maximum absolute atomic E-state index is 6.23. The Kier molecular flexibility index (Phi) is 6.13. The van der Waals surface area contributed by atoms with Crippen LogP contribution in [0.4, 0.5) is 0 Å². The summed E-state index contributed by atoms with van der Waals surface area (Å²) in [5, 5.41) is 1.39. The molecule has 1 rings (SSSR count). The van der Waals surface area contributed by atoms with Crippen molar-refractivity contribution < 1.29 is 0 Å². The number of hydrogen-bond donors (Lipinski definition) is 2. The van der Waals surface area contributed by atoms with Gasteiger partial charge in [0.15, 0.2) is 0 Å². The summed E-state index contributed by atoms with van der Waals surface area (Å²) in [6.45, 7) is 9.00. The Morgan fingerprint density at radius 3 is 2.42 bits per heavy atom. The van der Waals surface area contributed by atoms with E-state index in [1.54, 1.807) is 6.07 Å². The zero-order valence-corrected chi connectivity index (χ0v) is 13.6. The predicted octanol–water partition coefficient (Wildman–Crippen LogP) is 4.96. The Hall–Kier alpha value is -0.280. The molecule has 0 aliphatic rings. The summed E-state index contributed by atoms with van der Waals surface area (Å²) in [5.41, 5.74) is 4.15. The summed E-state index contributed by atoms with van der Waals surface area (Å²) in [5.74, 6) is 6.24. The van der Waals surface area contributed by atoms with Crippen LogP contribution in [0.3, 0.4) is 0 Å². The lowest BCUT2D eigenvalue weighted by Gasteiger charge is -2.27. The van der Waals surface area contributed by atoms with Crippen LogP contribution in [0.1, 0.15) is 52.1 Å². The summed E-state index contributed by atoms with van der Waals surface area (Å²) in [7, 11) is 0. The molecule has 0 heterocycles. The lowest BCUT2D eigenvalue weighted by Crippen LogP contribution is -2.30. The van der Waals surface area contributed by atoms with Crippen LogP contribution in [0.5, 0.6) is 0 Å². The normalized spacial score (nSPS) is 15.3. The fourth-order valence-corrected chi connectivity index (χ4v) is 3.03. The van der Waals surface area contributed by atoms with Crippen LogP contribution in [-0.2, 0) is 0 Å². The van der Waals surface area contributed by atoms with Crippen LogP contribution in [0.25, 0.3) is 0 Å². The molecule has 0 saturated carbocycles. The molecule has 2 nitrogen and oxygen atoms in total. The van der Waals surface area contributed by atoms with E-state index in [1.165, 1.54) is 0 Å². The number of nitrogens with two attached hydrogens (primary N) is 1. The van der Waals surface area contributed by atoms with Crippen molar-refractivity contribution in [1.29, 1.82) is 0 Å². The zero-order chi connectivity index (χ0) is 14.6. The van der Waals surface area contributed by atoms with Gasteiger partial charge in [-0.2, -0.15) is 0 Å². The molecule has 19 heavy (non-hydrogen) atoms. The number of hydrazine groups is 1. The Morgan fingerprint density at radius 2 is 1.89 bits per heavy atom. The highest BCUT2D eigenvalue weighted by molar-refractivity contribution is 6.33. The topological polar surface area (TPSA) is 38.0 Å². The van der Waals surface area contributed by atoms with E-state index in [4.69, 9.17) is 29.0 Å². The van der Waals surface area contributed by atoms with Gasteiger partial charge in [-0.15, -0.1) is 0 Å². The monoisotopic (exact) mass is 302 g/mol. The lowest BCUT2D eigenvalue weighted by molar-refractivity contribution is 0.276. The van der Waals surface area contributed by atoms with Gasteiger partial charge in [0.2, 0.25) is 0 Å². The molecule has 1 aromatic rings. The van der Waals surface area contributed by atoms with Crippen LogP contribution < -0.4 is 11.3 Å². The van der Waals surface area contributed by atoms with E-state index in [2.05, 4.69) is 33.1 Å². The predicted molar refractivity (Wildman–Crippen MR) is 84.4 cm³/mol. The molecular weight excluding hydrogens is 279 g/mol. The van der Waals surface area contributed by atoms with E-state index < -0.39 is 0 Å². The number of rotatable bonds is 5. The molecule has 0 fully saturated rings. The molecule has 0 aromatic heterocycles. The summed E-state index contributed by atoms with van der Waals surface area (Å²) >= 11 is 12.3. The number of hydrogen-bond acceptors (Lipinski definition) is 2. The minimum absolute atomic E-state index is 0.0311. The second kappa shape index (κ2) is 6.94. The van der Waals surface area contributed by atoms with Crippen molar-refractivity contribution in [2.75, 3.05) is 0 Å². The molecule has 3 N–H and O–H groups in total. The Bertz CT molecular complexity index is 413. The van der Waals surface area contributed by atoms with Gasteiger partial charge in [0.25, 0.3) is 0 Å². The van der Waals surface area contributed by atoms with Crippen molar-refractivity contribution >= 4 is 23.2 Å². The first-order valence-corrected chi connectivity index (χ1v) is 7.39. The summed E-state index contributed by atoms with van der Waals surface area (Å²) in [6.07, 6.45) is 2.08. The van der Waals surface area contributed by atoms with Crippen molar-refractivity contribution in [3.63, 3.8) is 0 Å². The van der Waals surface area contributed by atoms with Crippen LogP contribution >= 0.6 is 23.2 Å². The van der Waals surface area contributed by atoms with Gasteiger partial charge in [-0.3, -0.25) is 11.3 Å². The van der Waals surface area contributed by atoms with E-state index in [1.807, 2.05) is 12.1 Å². The van der Waals surface area contributed by atoms with Crippen molar-refractivity contribution in [3.8, 4) is 0 Å². The van der Waals surface area contributed by atoms with Crippen LogP contribution in [-0.4, -0.2) is 0 Å². The fraction of sp³-hybridized carbons (Fsp3) is 0.600. The number of nitrogens with one attached hydrogen (secondary N) is 1. The molecule has 0 amide bonds. The van der Waals surface area contributed by atoms with Gasteiger partial charge in [-0.25, -0.2) is 0 Å². The average molecular weight is 303 g/mol. The number of halogens is 2. The van der Waals surface area contributed by atoms with Gasteiger partial charge in [0.05, 0.1) is 0 Å². The second-order valence-electron chi connectivity index (χ2n) is 6.49. The molecule has 108 valence electrons. The maximum atomic E-state index is 6.23. The molecule has 4 heteroatoms. The average Bonchev–Trinajstić information content (AvgIpc) is 2.27. The first-order valence-electron chi connectivity index (χ1n) is 6.64. The van der Waals surface area contributed by atoms with E-state index in [-0.39, 0.29) is 6.04 Å². The van der Waals surface area contributed by atoms with Crippen molar-refractivity contribution in [3.05, 3.63) is 33.8 Å². The molecule has 0 aliphatic carbocycles. The molecule has 0 spiro atoms. The van der Waals surface area contributed by atoms with Gasteiger partial charge in [-0.1, -0.05) is 50.9 Å².